The average Bonchev–Trinajstić information content (AvgIpc) is 2.61. The van der Waals surface area contributed by atoms with Gasteiger partial charge in [-0.15, -0.1) is 0 Å². The molecule has 0 radical (unpaired) electrons. The highest BCUT2D eigenvalue weighted by atomic mass is 28.3. The average molecular weight is 224 g/mol. The SMILES string of the molecule is COC(=O)C=Cc1coc([Si](C)(C)C)c1. The van der Waals surface area contributed by atoms with Crippen molar-refractivity contribution in [3.05, 3.63) is 24.0 Å². The van der Waals surface area contributed by atoms with Crippen molar-refractivity contribution in [2.45, 2.75) is 19.6 Å². The molecular formula is C11H16O3Si. The van der Waals surface area contributed by atoms with E-state index in [9.17, 15) is 4.79 Å². The summed E-state index contributed by atoms with van der Waals surface area (Å²) in [6.45, 7) is 6.62. The molecule has 0 atom stereocenters. The van der Waals surface area contributed by atoms with E-state index >= 15 is 0 Å². The van der Waals surface area contributed by atoms with E-state index < -0.39 is 8.07 Å². The zero-order valence-corrected chi connectivity index (χ0v) is 10.5. The summed E-state index contributed by atoms with van der Waals surface area (Å²) in [4.78, 5) is 10.9. The van der Waals surface area contributed by atoms with Gasteiger partial charge in [-0.25, -0.2) is 4.79 Å². The van der Waals surface area contributed by atoms with Crippen molar-refractivity contribution in [2.75, 3.05) is 7.11 Å². The van der Waals surface area contributed by atoms with E-state index in [4.69, 9.17) is 4.42 Å². The maximum atomic E-state index is 10.9. The highest BCUT2D eigenvalue weighted by Gasteiger charge is 2.20. The van der Waals surface area contributed by atoms with Gasteiger partial charge in [0.15, 0.2) is 0 Å². The van der Waals surface area contributed by atoms with Crippen LogP contribution in [0.2, 0.25) is 19.6 Å². The second kappa shape index (κ2) is 4.48. The lowest BCUT2D eigenvalue weighted by atomic mass is 10.3. The molecule has 82 valence electrons. The van der Waals surface area contributed by atoms with Crippen molar-refractivity contribution in [2.24, 2.45) is 0 Å². The molecule has 0 amide bonds. The molecule has 0 aromatic carbocycles. The largest absolute Gasteiger partial charge is 0.474 e. The molecule has 0 N–H and O–H groups in total. The summed E-state index contributed by atoms with van der Waals surface area (Å²) < 4.78 is 9.95. The Hall–Kier alpha value is -1.29. The topological polar surface area (TPSA) is 39.4 Å². The van der Waals surface area contributed by atoms with Gasteiger partial charge in [-0.2, -0.15) is 0 Å². The number of hydrogen-bond acceptors (Lipinski definition) is 3. The Morgan fingerprint density at radius 3 is 2.60 bits per heavy atom. The molecular weight excluding hydrogens is 208 g/mol. The summed E-state index contributed by atoms with van der Waals surface area (Å²) in [6.07, 6.45) is 4.74. The van der Waals surface area contributed by atoms with Crippen LogP contribution in [0.15, 0.2) is 22.8 Å². The molecule has 1 heterocycles. The minimum Gasteiger partial charge on any atom is -0.474 e. The second-order valence-electron chi connectivity index (χ2n) is 4.35. The molecule has 0 fully saturated rings. The predicted octanol–water partition coefficient (Wildman–Crippen LogP) is 2.01. The third-order valence-corrected chi connectivity index (χ3v) is 3.71. The number of carbonyl (C=O) groups is 1. The first-order chi connectivity index (χ1) is 6.93. The zero-order chi connectivity index (χ0) is 11.5. The van der Waals surface area contributed by atoms with Crippen LogP contribution in [0.5, 0.6) is 0 Å². The molecule has 1 aromatic rings. The molecule has 4 heteroatoms. The first-order valence-electron chi connectivity index (χ1n) is 4.78. The molecule has 0 spiro atoms. The summed E-state index contributed by atoms with van der Waals surface area (Å²) in [5.41, 5.74) is 0.901. The van der Waals surface area contributed by atoms with Gasteiger partial charge in [0.1, 0.15) is 8.07 Å². The van der Waals surface area contributed by atoms with Crippen molar-refractivity contribution in [3.8, 4) is 0 Å². The predicted molar refractivity (Wildman–Crippen MR) is 62.7 cm³/mol. The molecule has 1 aromatic heterocycles. The maximum absolute atomic E-state index is 10.9. The molecule has 0 saturated heterocycles. The Balaban J connectivity index is 2.77. The molecule has 0 saturated carbocycles. The molecule has 0 bridgehead atoms. The lowest BCUT2D eigenvalue weighted by Crippen LogP contribution is -2.36. The number of hydrogen-bond donors (Lipinski definition) is 0. The summed E-state index contributed by atoms with van der Waals surface area (Å²) in [7, 11) is -0.0371. The van der Waals surface area contributed by atoms with Crippen LogP contribution in [0.4, 0.5) is 0 Å². The van der Waals surface area contributed by atoms with Crippen LogP contribution in [0.3, 0.4) is 0 Å². The third-order valence-electron chi connectivity index (χ3n) is 1.97. The lowest BCUT2D eigenvalue weighted by molar-refractivity contribution is -0.134. The van der Waals surface area contributed by atoms with Gasteiger partial charge in [0.2, 0.25) is 0 Å². The van der Waals surface area contributed by atoms with Crippen LogP contribution in [-0.2, 0) is 9.53 Å². The molecule has 0 aliphatic heterocycles. The number of furan rings is 1. The third kappa shape index (κ3) is 3.40. The molecule has 15 heavy (non-hydrogen) atoms. The van der Waals surface area contributed by atoms with E-state index in [0.29, 0.717) is 0 Å². The van der Waals surface area contributed by atoms with Gasteiger partial charge in [0, 0.05) is 11.6 Å². The number of ether oxygens (including phenoxy) is 1. The van der Waals surface area contributed by atoms with Gasteiger partial charge in [0.25, 0.3) is 0 Å². The Morgan fingerprint density at radius 2 is 2.13 bits per heavy atom. The Bertz CT molecular complexity index is 371. The first-order valence-corrected chi connectivity index (χ1v) is 8.28. The van der Waals surface area contributed by atoms with Crippen LogP contribution in [0.1, 0.15) is 5.56 Å². The summed E-state index contributed by atoms with van der Waals surface area (Å²) in [6, 6.07) is 1.98. The molecule has 0 aliphatic rings. The van der Waals surface area contributed by atoms with Crippen LogP contribution in [-0.4, -0.2) is 21.2 Å². The molecule has 1 rings (SSSR count). The van der Waals surface area contributed by atoms with E-state index in [0.717, 1.165) is 10.9 Å². The van der Waals surface area contributed by atoms with Crippen molar-refractivity contribution in [1.82, 2.24) is 0 Å². The number of carbonyl (C=O) groups excluding carboxylic acids is 1. The Morgan fingerprint density at radius 1 is 1.47 bits per heavy atom. The van der Waals surface area contributed by atoms with Crippen molar-refractivity contribution in [1.29, 1.82) is 0 Å². The Labute approximate surface area is 90.7 Å². The fraction of sp³-hybridized carbons (Fsp3) is 0.364. The molecule has 3 nitrogen and oxygen atoms in total. The van der Waals surface area contributed by atoms with E-state index in [1.807, 2.05) is 6.07 Å². The van der Waals surface area contributed by atoms with E-state index in [-0.39, 0.29) is 5.97 Å². The minimum absolute atomic E-state index is 0.356. The van der Waals surface area contributed by atoms with E-state index in [1.54, 1.807) is 12.3 Å². The minimum atomic E-state index is -1.39. The van der Waals surface area contributed by atoms with Crippen LogP contribution < -0.4 is 5.38 Å². The van der Waals surface area contributed by atoms with Crippen molar-refractivity contribution >= 4 is 25.5 Å². The monoisotopic (exact) mass is 224 g/mol. The maximum Gasteiger partial charge on any atom is 0.330 e. The standard InChI is InChI=1S/C11H16O3Si/c1-13-10(12)6-5-9-7-11(14-8-9)15(2,3)4/h5-8H,1-4H3. The molecule has 0 unspecified atom stereocenters. The fourth-order valence-corrected chi connectivity index (χ4v) is 2.08. The van der Waals surface area contributed by atoms with Crippen LogP contribution in [0.25, 0.3) is 6.08 Å². The van der Waals surface area contributed by atoms with Crippen molar-refractivity contribution in [3.63, 3.8) is 0 Å². The summed E-state index contributed by atoms with van der Waals surface area (Å²) in [5, 5.41) is 1.03. The summed E-state index contributed by atoms with van der Waals surface area (Å²) in [5.74, 6) is -0.356. The van der Waals surface area contributed by atoms with Gasteiger partial charge in [0.05, 0.1) is 18.8 Å². The van der Waals surface area contributed by atoms with Crippen LogP contribution >= 0.6 is 0 Å². The Kier molecular flexibility index (Phi) is 3.52. The van der Waals surface area contributed by atoms with Crippen molar-refractivity contribution < 1.29 is 13.9 Å². The van der Waals surface area contributed by atoms with E-state index in [1.165, 1.54) is 13.2 Å². The van der Waals surface area contributed by atoms with Crippen LogP contribution in [0, 0.1) is 0 Å². The van der Waals surface area contributed by atoms with E-state index in [2.05, 4.69) is 24.4 Å². The highest BCUT2D eigenvalue weighted by molar-refractivity contribution is 6.87. The zero-order valence-electron chi connectivity index (χ0n) is 9.53. The van der Waals surface area contributed by atoms with Gasteiger partial charge in [-0.3, -0.25) is 0 Å². The fourth-order valence-electron chi connectivity index (χ4n) is 1.06. The smallest absolute Gasteiger partial charge is 0.330 e. The lowest BCUT2D eigenvalue weighted by Gasteiger charge is -2.10. The van der Waals surface area contributed by atoms with Gasteiger partial charge < -0.3 is 9.15 Å². The number of rotatable bonds is 3. The summed E-state index contributed by atoms with van der Waals surface area (Å²) >= 11 is 0. The van der Waals surface area contributed by atoms with Gasteiger partial charge in [-0.1, -0.05) is 19.6 Å². The molecule has 0 aliphatic carbocycles. The number of methoxy groups -OCH3 is 1. The quantitative estimate of drug-likeness (QED) is 0.448. The number of esters is 1. The van der Waals surface area contributed by atoms with Gasteiger partial charge >= 0.3 is 5.97 Å². The first kappa shape index (κ1) is 11.8. The van der Waals surface area contributed by atoms with Gasteiger partial charge in [-0.05, 0) is 12.1 Å². The normalized spacial score (nSPS) is 12.0. The highest BCUT2D eigenvalue weighted by Crippen LogP contribution is 2.08. The second-order valence-corrected chi connectivity index (χ2v) is 9.34.